The molecule has 0 radical (unpaired) electrons. The van der Waals surface area contributed by atoms with E-state index in [0.29, 0.717) is 40.1 Å². The maximum Gasteiger partial charge on any atom is 0.162 e. The predicted octanol–water partition coefficient (Wildman–Crippen LogP) is 6.31. The minimum atomic E-state index is -0.712. The molecule has 0 unspecified atom stereocenters. The van der Waals surface area contributed by atoms with E-state index < -0.39 is 11.6 Å². The van der Waals surface area contributed by atoms with E-state index in [-0.39, 0.29) is 5.69 Å². The van der Waals surface area contributed by atoms with Crippen LogP contribution in [0.5, 0.6) is 0 Å². The van der Waals surface area contributed by atoms with Gasteiger partial charge in [0.1, 0.15) is 23.3 Å². The molecule has 0 bridgehead atoms. The molecule has 36 heavy (non-hydrogen) atoms. The second-order valence-electron chi connectivity index (χ2n) is 8.72. The fourth-order valence-electron chi connectivity index (χ4n) is 4.15. The van der Waals surface area contributed by atoms with Gasteiger partial charge in [0.2, 0.25) is 0 Å². The van der Waals surface area contributed by atoms with Gasteiger partial charge in [0.25, 0.3) is 0 Å². The zero-order valence-electron chi connectivity index (χ0n) is 19.0. The monoisotopic (exact) mass is 481 g/mol. The van der Waals surface area contributed by atoms with Crippen LogP contribution in [0.15, 0.2) is 73.2 Å². The summed E-state index contributed by atoms with van der Waals surface area (Å²) in [7, 11) is 0. The van der Waals surface area contributed by atoms with E-state index in [1.54, 1.807) is 24.5 Å². The Bertz CT molecular complexity index is 1600. The van der Waals surface area contributed by atoms with Crippen LogP contribution < -0.4 is 16.4 Å². The van der Waals surface area contributed by atoms with Crippen LogP contribution in [-0.4, -0.2) is 19.9 Å². The maximum absolute atomic E-state index is 14.2. The van der Waals surface area contributed by atoms with E-state index >= 15 is 0 Å². The van der Waals surface area contributed by atoms with Gasteiger partial charge < -0.3 is 16.4 Å². The molecular weight excluding hydrogens is 460 g/mol. The van der Waals surface area contributed by atoms with Crippen LogP contribution in [0.4, 0.5) is 37.5 Å². The van der Waals surface area contributed by atoms with Crippen LogP contribution in [0, 0.1) is 11.6 Å². The van der Waals surface area contributed by atoms with E-state index in [1.807, 2.05) is 30.5 Å². The molecule has 1 aliphatic rings. The van der Waals surface area contributed by atoms with Crippen LogP contribution in [0.3, 0.4) is 0 Å². The molecule has 0 atom stereocenters. The second kappa shape index (κ2) is 8.84. The van der Waals surface area contributed by atoms with Gasteiger partial charge in [0.15, 0.2) is 5.82 Å². The van der Waals surface area contributed by atoms with Gasteiger partial charge in [-0.25, -0.2) is 23.7 Å². The summed E-state index contributed by atoms with van der Waals surface area (Å²) in [6, 6.07) is 14.3. The van der Waals surface area contributed by atoms with Crippen LogP contribution >= 0.6 is 0 Å². The Hall–Kier alpha value is -4.66. The third-order valence-corrected chi connectivity index (χ3v) is 6.01. The largest absolute Gasteiger partial charge is 0.399 e. The summed E-state index contributed by atoms with van der Waals surface area (Å²) in [5.41, 5.74) is 10.1. The number of nitrogens with zero attached hydrogens (tertiary/aromatic N) is 4. The number of anilines is 5. The van der Waals surface area contributed by atoms with Crippen molar-refractivity contribution in [2.24, 2.45) is 0 Å². The first kappa shape index (κ1) is 21.8. The molecule has 178 valence electrons. The number of fused-ring (bicyclic) bond motifs is 1. The van der Waals surface area contributed by atoms with E-state index in [1.165, 1.54) is 12.1 Å². The zero-order chi connectivity index (χ0) is 24.6. The predicted molar refractivity (Wildman–Crippen MR) is 136 cm³/mol. The number of hydrogen-bond donors (Lipinski definition) is 3. The summed E-state index contributed by atoms with van der Waals surface area (Å²) in [4.78, 5) is 18.4. The Balaban J connectivity index is 1.43. The van der Waals surface area contributed by atoms with Crippen molar-refractivity contribution in [2.75, 3.05) is 16.4 Å². The highest BCUT2D eigenvalue weighted by atomic mass is 19.1. The standard InChI is InChI=1S/C27H21F2N7/c28-17-6-7-22(21(29)11-17)34-24-10-16(8-9-32-24)26-35-23-14-31-13-20(15-4-5-15)25(23)27(36-26)33-19-3-1-2-18(30)12-19/h1-3,6-15H,4-5,30H2,(H,32,34)(H,33,35,36). The molecule has 0 amide bonds. The molecule has 1 aliphatic carbocycles. The van der Waals surface area contributed by atoms with E-state index in [0.717, 1.165) is 35.5 Å². The van der Waals surface area contributed by atoms with Gasteiger partial charge in [0, 0.05) is 40.8 Å². The van der Waals surface area contributed by atoms with Crippen molar-refractivity contribution in [3.05, 3.63) is 90.4 Å². The van der Waals surface area contributed by atoms with Gasteiger partial charge in [0.05, 0.1) is 17.4 Å². The number of halogens is 2. The van der Waals surface area contributed by atoms with Crippen molar-refractivity contribution in [1.82, 2.24) is 19.9 Å². The Kier molecular flexibility index (Phi) is 5.37. The number of nitrogens with two attached hydrogens (primary N) is 1. The molecule has 0 saturated heterocycles. The minimum Gasteiger partial charge on any atom is -0.399 e. The van der Waals surface area contributed by atoms with Crippen molar-refractivity contribution in [3.8, 4) is 11.4 Å². The molecule has 0 spiro atoms. The van der Waals surface area contributed by atoms with E-state index in [4.69, 9.17) is 15.7 Å². The van der Waals surface area contributed by atoms with Crippen molar-refractivity contribution in [1.29, 1.82) is 0 Å². The SMILES string of the molecule is Nc1cccc(Nc2nc(-c3ccnc(Nc4ccc(F)cc4F)c3)nc3cncc(C4CC4)c23)c1. The highest BCUT2D eigenvalue weighted by Crippen LogP contribution is 2.44. The third kappa shape index (κ3) is 4.38. The maximum atomic E-state index is 14.2. The van der Waals surface area contributed by atoms with Crippen LogP contribution in [0.25, 0.3) is 22.3 Å². The second-order valence-corrected chi connectivity index (χ2v) is 8.72. The number of nitrogen functional groups attached to an aromatic ring is 1. The normalized spacial score (nSPS) is 13.1. The fourth-order valence-corrected chi connectivity index (χ4v) is 4.15. The average Bonchev–Trinajstić information content (AvgIpc) is 3.71. The topological polar surface area (TPSA) is 102 Å². The van der Waals surface area contributed by atoms with E-state index in [2.05, 4.69) is 20.6 Å². The molecule has 1 saturated carbocycles. The van der Waals surface area contributed by atoms with Crippen LogP contribution in [-0.2, 0) is 0 Å². The molecule has 0 aliphatic heterocycles. The first-order valence-corrected chi connectivity index (χ1v) is 11.5. The summed E-state index contributed by atoms with van der Waals surface area (Å²) in [6.45, 7) is 0. The molecule has 1 fully saturated rings. The van der Waals surface area contributed by atoms with Crippen molar-refractivity contribution < 1.29 is 8.78 Å². The zero-order valence-corrected chi connectivity index (χ0v) is 19.0. The lowest BCUT2D eigenvalue weighted by Gasteiger charge is -2.14. The number of hydrogen-bond acceptors (Lipinski definition) is 7. The molecule has 3 aromatic heterocycles. The van der Waals surface area contributed by atoms with Crippen LogP contribution in [0.2, 0.25) is 0 Å². The molecular formula is C27H21F2N7. The molecule has 4 N–H and O–H groups in total. The first-order chi connectivity index (χ1) is 17.5. The lowest BCUT2D eigenvalue weighted by Crippen LogP contribution is -2.03. The number of nitrogens with one attached hydrogen (secondary N) is 2. The van der Waals surface area contributed by atoms with Gasteiger partial charge >= 0.3 is 0 Å². The molecule has 6 rings (SSSR count). The molecule has 7 nitrogen and oxygen atoms in total. The van der Waals surface area contributed by atoms with Gasteiger partial charge in [-0.2, -0.15) is 0 Å². The number of pyridine rings is 2. The average molecular weight is 482 g/mol. The lowest BCUT2D eigenvalue weighted by atomic mass is 10.1. The summed E-state index contributed by atoms with van der Waals surface area (Å²) in [5.74, 6) is 0.561. The fraction of sp³-hybridized carbons (Fsp3) is 0.111. The molecule has 2 aromatic carbocycles. The Morgan fingerprint density at radius 2 is 1.81 bits per heavy atom. The highest BCUT2D eigenvalue weighted by Gasteiger charge is 2.28. The minimum absolute atomic E-state index is 0.114. The van der Waals surface area contributed by atoms with Gasteiger partial charge in [-0.1, -0.05) is 6.07 Å². The van der Waals surface area contributed by atoms with Gasteiger partial charge in [-0.3, -0.25) is 4.98 Å². The summed E-state index contributed by atoms with van der Waals surface area (Å²) >= 11 is 0. The lowest BCUT2D eigenvalue weighted by molar-refractivity contribution is 0.586. The Morgan fingerprint density at radius 3 is 2.61 bits per heavy atom. The number of rotatable bonds is 6. The first-order valence-electron chi connectivity index (χ1n) is 11.5. The van der Waals surface area contributed by atoms with Crippen molar-refractivity contribution in [2.45, 2.75) is 18.8 Å². The molecule has 3 heterocycles. The number of aromatic nitrogens is 4. The highest BCUT2D eigenvalue weighted by molar-refractivity contribution is 5.95. The smallest absolute Gasteiger partial charge is 0.162 e. The van der Waals surface area contributed by atoms with Crippen molar-refractivity contribution in [3.63, 3.8) is 0 Å². The summed E-state index contributed by atoms with van der Waals surface area (Å²) in [6.07, 6.45) is 7.42. The van der Waals surface area contributed by atoms with E-state index in [9.17, 15) is 8.78 Å². The summed E-state index contributed by atoms with van der Waals surface area (Å²) in [5, 5.41) is 7.23. The van der Waals surface area contributed by atoms with Crippen molar-refractivity contribution >= 4 is 39.6 Å². The van der Waals surface area contributed by atoms with Gasteiger partial charge in [-0.05, 0) is 66.8 Å². The van der Waals surface area contributed by atoms with Crippen LogP contribution in [0.1, 0.15) is 24.3 Å². The Labute approximate surface area is 205 Å². The Morgan fingerprint density at radius 1 is 0.917 bits per heavy atom. The third-order valence-electron chi connectivity index (χ3n) is 6.01. The quantitative estimate of drug-likeness (QED) is 0.244. The number of benzene rings is 2. The molecule has 9 heteroatoms. The molecule has 5 aromatic rings. The van der Waals surface area contributed by atoms with Gasteiger partial charge in [-0.15, -0.1) is 0 Å². The summed E-state index contributed by atoms with van der Waals surface area (Å²) < 4.78 is 27.4.